The van der Waals surface area contributed by atoms with Gasteiger partial charge in [-0.15, -0.1) is 0 Å². The van der Waals surface area contributed by atoms with Gasteiger partial charge in [0, 0.05) is 6.07 Å². The highest BCUT2D eigenvalue weighted by molar-refractivity contribution is 5.79. The zero-order valence-corrected chi connectivity index (χ0v) is 16.9. The van der Waals surface area contributed by atoms with Crippen LogP contribution in [0.5, 0.6) is 17.2 Å². The number of hydrogen-bond acceptors (Lipinski definition) is 6. The first kappa shape index (κ1) is 20.0. The minimum atomic E-state index is -0.384. The van der Waals surface area contributed by atoms with Gasteiger partial charge in [0.15, 0.2) is 6.61 Å². The van der Waals surface area contributed by atoms with Crippen LogP contribution in [-0.4, -0.2) is 18.7 Å². The molecule has 1 aromatic heterocycles. The molecule has 3 aromatic rings. The van der Waals surface area contributed by atoms with Gasteiger partial charge in [-0.1, -0.05) is 18.6 Å². The Balaban J connectivity index is 1.43. The maximum absolute atomic E-state index is 12.7. The van der Waals surface area contributed by atoms with E-state index in [4.69, 9.17) is 18.6 Å². The van der Waals surface area contributed by atoms with Gasteiger partial charge in [-0.25, -0.2) is 4.79 Å². The quantitative estimate of drug-likeness (QED) is 0.525. The van der Waals surface area contributed by atoms with Crippen molar-refractivity contribution in [3.63, 3.8) is 0 Å². The van der Waals surface area contributed by atoms with Crippen LogP contribution in [0, 0.1) is 6.92 Å². The highest BCUT2D eigenvalue weighted by atomic mass is 16.6. The largest absolute Gasteiger partial charge is 0.482 e. The van der Waals surface area contributed by atoms with Gasteiger partial charge in [0.2, 0.25) is 11.2 Å². The molecule has 0 spiro atoms. The van der Waals surface area contributed by atoms with Crippen molar-refractivity contribution >= 4 is 16.9 Å². The lowest BCUT2D eigenvalue weighted by Crippen LogP contribution is -2.24. The van der Waals surface area contributed by atoms with Gasteiger partial charge < -0.3 is 18.6 Å². The standard InChI is InChI=1S/C24H24O6/c1-16-6-5-9-19(12-16)29-22-14-28-21-13-18(10-11-20(21)24(22)26)27-15-23(25)30-17-7-3-2-4-8-17/h5-6,9-14,17H,2-4,7-8,15H2,1H3. The molecule has 1 fully saturated rings. The Morgan fingerprint density at radius 3 is 2.70 bits per heavy atom. The second kappa shape index (κ2) is 9.03. The van der Waals surface area contributed by atoms with Crippen LogP contribution in [0.4, 0.5) is 0 Å². The maximum Gasteiger partial charge on any atom is 0.344 e. The summed E-state index contributed by atoms with van der Waals surface area (Å²) in [5.41, 5.74) is 1.11. The Morgan fingerprint density at radius 2 is 1.90 bits per heavy atom. The van der Waals surface area contributed by atoms with E-state index >= 15 is 0 Å². The summed E-state index contributed by atoms with van der Waals surface area (Å²) in [7, 11) is 0. The minimum Gasteiger partial charge on any atom is -0.482 e. The molecule has 2 aromatic carbocycles. The molecule has 0 saturated heterocycles. The molecule has 0 unspecified atom stereocenters. The summed E-state index contributed by atoms with van der Waals surface area (Å²) in [5, 5.41) is 0.372. The Bertz CT molecular complexity index is 1090. The van der Waals surface area contributed by atoms with Crippen molar-refractivity contribution in [2.45, 2.75) is 45.1 Å². The number of benzene rings is 2. The molecule has 0 aliphatic heterocycles. The predicted octanol–water partition coefficient (Wildman–Crippen LogP) is 5.15. The van der Waals surface area contributed by atoms with Crippen molar-refractivity contribution < 1.29 is 23.4 Å². The Morgan fingerprint density at radius 1 is 1.07 bits per heavy atom. The molecule has 0 radical (unpaired) electrons. The molecule has 6 heteroatoms. The Kier molecular flexibility index (Phi) is 6.02. The second-order valence-corrected chi connectivity index (χ2v) is 7.54. The summed E-state index contributed by atoms with van der Waals surface area (Å²) in [6.45, 7) is 1.77. The van der Waals surface area contributed by atoms with Crippen molar-refractivity contribution in [1.29, 1.82) is 0 Å². The summed E-state index contributed by atoms with van der Waals surface area (Å²) in [6.07, 6.45) is 6.51. The summed E-state index contributed by atoms with van der Waals surface area (Å²) < 4.78 is 22.2. The number of carbonyl (C=O) groups excluding carboxylic acids is 1. The molecule has 156 valence electrons. The lowest BCUT2D eigenvalue weighted by molar-refractivity contribution is -0.152. The van der Waals surface area contributed by atoms with Crippen LogP contribution in [0.25, 0.3) is 11.0 Å². The van der Waals surface area contributed by atoms with E-state index in [2.05, 4.69) is 0 Å². The van der Waals surface area contributed by atoms with E-state index in [1.165, 1.54) is 12.7 Å². The fourth-order valence-corrected chi connectivity index (χ4v) is 3.60. The van der Waals surface area contributed by atoms with Crippen LogP contribution in [0.15, 0.2) is 57.9 Å². The Hall–Kier alpha value is -3.28. The second-order valence-electron chi connectivity index (χ2n) is 7.54. The average Bonchev–Trinajstić information content (AvgIpc) is 2.75. The Labute approximate surface area is 174 Å². The van der Waals surface area contributed by atoms with Crippen LogP contribution in [0.1, 0.15) is 37.7 Å². The van der Waals surface area contributed by atoms with Crippen molar-refractivity contribution in [3.05, 3.63) is 64.5 Å². The van der Waals surface area contributed by atoms with E-state index in [9.17, 15) is 9.59 Å². The van der Waals surface area contributed by atoms with Gasteiger partial charge in [0.1, 0.15) is 29.4 Å². The number of ether oxygens (including phenoxy) is 3. The summed E-state index contributed by atoms with van der Waals surface area (Å²) in [6, 6.07) is 12.2. The first-order valence-electron chi connectivity index (χ1n) is 10.2. The number of aryl methyl sites for hydroxylation is 1. The lowest BCUT2D eigenvalue weighted by Gasteiger charge is -2.21. The van der Waals surface area contributed by atoms with Crippen molar-refractivity contribution in [1.82, 2.24) is 0 Å². The molecular formula is C24H24O6. The van der Waals surface area contributed by atoms with E-state index in [0.29, 0.717) is 22.5 Å². The average molecular weight is 408 g/mol. The first-order valence-corrected chi connectivity index (χ1v) is 10.2. The molecule has 1 saturated carbocycles. The third kappa shape index (κ3) is 4.82. The van der Waals surface area contributed by atoms with Crippen LogP contribution in [0.2, 0.25) is 0 Å². The van der Waals surface area contributed by atoms with Gasteiger partial charge >= 0.3 is 5.97 Å². The van der Waals surface area contributed by atoms with Crippen LogP contribution in [0.3, 0.4) is 0 Å². The van der Waals surface area contributed by atoms with E-state index in [1.807, 2.05) is 25.1 Å². The smallest absolute Gasteiger partial charge is 0.344 e. The van der Waals surface area contributed by atoms with Gasteiger partial charge in [-0.3, -0.25) is 4.79 Å². The van der Waals surface area contributed by atoms with Crippen molar-refractivity contribution in [2.24, 2.45) is 0 Å². The fourth-order valence-electron chi connectivity index (χ4n) is 3.60. The molecule has 0 bridgehead atoms. The van der Waals surface area contributed by atoms with E-state index in [-0.39, 0.29) is 29.9 Å². The molecule has 1 aliphatic carbocycles. The number of carbonyl (C=O) groups is 1. The van der Waals surface area contributed by atoms with Gasteiger partial charge in [-0.2, -0.15) is 0 Å². The number of esters is 1. The molecule has 1 aliphatic rings. The van der Waals surface area contributed by atoms with Crippen LogP contribution >= 0.6 is 0 Å². The molecule has 0 N–H and O–H groups in total. The van der Waals surface area contributed by atoms with Gasteiger partial charge in [0.25, 0.3) is 0 Å². The van der Waals surface area contributed by atoms with E-state index < -0.39 is 0 Å². The molecule has 6 nitrogen and oxygen atoms in total. The number of rotatable bonds is 6. The van der Waals surface area contributed by atoms with Crippen molar-refractivity contribution in [3.8, 4) is 17.2 Å². The highest BCUT2D eigenvalue weighted by Gasteiger charge is 2.18. The maximum atomic E-state index is 12.7. The van der Waals surface area contributed by atoms with Crippen LogP contribution < -0.4 is 14.9 Å². The third-order valence-electron chi connectivity index (χ3n) is 5.14. The topological polar surface area (TPSA) is 75.0 Å². The predicted molar refractivity (Wildman–Crippen MR) is 112 cm³/mol. The zero-order valence-electron chi connectivity index (χ0n) is 16.9. The van der Waals surface area contributed by atoms with Crippen LogP contribution in [-0.2, 0) is 9.53 Å². The zero-order chi connectivity index (χ0) is 20.9. The minimum absolute atomic E-state index is 0.00343. The monoisotopic (exact) mass is 408 g/mol. The van der Waals surface area contributed by atoms with Gasteiger partial charge in [0.05, 0.1) is 5.39 Å². The van der Waals surface area contributed by atoms with E-state index in [0.717, 1.165) is 31.2 Å². The number of fused-ring (bicyclic) bond motifs is 1. The normalized spacial score (nSPS) is 14.4. The van der Waals surface area contributed by atoms with E-state index in [1.54, 1.807) is 24.3 Å². The molecule has 0 atom stereocenters. The fraction of sp³-hybridized carbons (Fsp3) is 0.333. The molecule has 30 heavy (non-hydrogen) atoms. The highest BCUT2D eigenvalue weighted by Crippen LogP contribution is 2.25. The molecule has 0 amide bonds. The summed E-state index contributed by atoms with van der Waals surface area (Å²) >= 11 is 0. The molecular weight excluding hydrogens is 384 g/mol. The lowest BCUT2D eigenvalue weighted by atomic mass is 9.98. The van der Waals surface area contributed by atoms with Gasteiger partial charge in [-0.05, 0) is 62.4 Å². The number of hydrogen-bond donors (Lipinski definition) is 0. The molecule has 1 heterocycles. The van der Waals surface area contributed by atoms with Crippen molar-refractivity contribution in [2.75, 3.05) is 6.61 Å². The SMILES string of the molecule is Cc1cccc(Oc2coc3cc(OCC(=O)OC4CCCCC4)ccc3c2=O)c1. The first-order chi connectivity index (χ1) is 14.6. The molecule has 4 rings (SSSR count). The summed E-state index contributed by atoms with van der Waals surface area (Å²) in [4.78, 5) is 24.7. The third-order valence-corrected chi connectivity index (χ3v) is 5.14. The summed E-state index contributed by atoms with van der Waals surface area (Å²) in [5.74, 6) is 0.722.